The smallest absolute Gasteiger partial charge is 0.194 e. The minimum Gasteiger partial charge on any atom is -0.493 e. The maximum absolute atomic E-state index is 12.8. The molecule has 0 amide bonds. The fourth-order valence-electron chi connectivity index (χ4n) is 2.04. The predicted octanol–water partition coefficient (Wildman–Crippen LogP) is 4.77. The molecule has 0 heterocycles. The molecule has 0 saturated heterocycles. The van der Waals surface area contributed by atoms with Gasteiger partial charge in [0, 0.05) is 20.1 Å². The Labute approximate surface area is 140 Å². The summed E-state index contributed by atoms with van der Waals surface area (Å²) in [7, 11) is 3.13. The Balaban J connectivity index is 2.55. The molecule has 0 aromatic heterocycles. The second-order valence-corrected chi connectivity index (χ2v) is 6.25. The number of halogens is 2. The summed E-state index contributed by atoms with van der Waals surface area (Å²) in [4.78, 5) is 12.8. The maximum atomic E-state index is 12.8. The Hall–Kier alpha value is -1.33. The zero-order valence-electron chi connectivity index (χ0n) is 11.9. The highest BCUT2D eigenvalue weighted by Gasteiger charge is 2.18. The van der Waals surface area contributed by atoms with Crippen LogP contribution in [-0.4, -0.2) is 20.0 Å². The molecule has 0 radical (unpaired) electrons. The summed E-state index contributed by atoms with van der Waals surface area (Å²) in [5, 5.41) is 0. The fraction of sp³-hybridized carbons (Fsp3) is 0.188. The molecule has 0 aliphatic heterocycles. The summed E-state index contributed by atoms with van der Waals surface area (Å²) >= 11 is 6.81. The van der Waals surface area contributed by atoms with E-state index in [0.717, 1.165) is 14.5 Å². The molecule has 110 valence electrons. The largest absolute Gasteiger partial charge is 0.493 e. The third-order valence-electron chi connectivity index (χ3n) is 3.15. The van der Waals surface area contributed by atoms with Gasteiger partial charge in [-0.25, -0.2) is 0 Å². The molecule has 3 nitrogen and oxygen atoms in total. The highest BCUT2D eigenvalue weighted by Crippen LogP contribution is 2.32. The third-order valence-corrected chi connectivity index (χ3v) is 4.33. The first-order valence-corrected chi connectivity index (χ1v) is 7.79. The van der Waals surface area contributed by atoms with Crippen LogP contribution >= 0.6 is 31.9 Å². The normalized spacial score (nSPS) is 10.3. The van der Waals surface area contributed by atoms with Gasteiger partial charge in [-0.15, -0.1) is 0 Å². The van der Waals surface area contributed by atoms with Crippen LogP contribution in [0.2, 0.25) is 0 Å². The number of carbonyl (C=O) groups excluding carboxylic acids is 1. The monoisotopic (exact) mass is 412 g/mol. The number of carbonyl (C=O) groups is 1. The van der Waals surface area contributed by atoms with Crippen LogP contribution in [0.3, 0.4) is 0 Å². The third kappa shape index (κ3) is 3.30. The molecule has 0 N–H and O–H groups in total. The van der Waals surface area contributed by atoms with Crippen LogP contribution in [0.1, 0.15) is 21.5 Å². The fourth-order valence-corrected chi connectivity index (χ4v) is 2.83. The second-order valence-electron chi connectivity index (χ2n) is 4.48. The molecule has 21 heavy (non-hydrogen) atoms. The number of methoxy groups -OCH3 is 2. The average molecular weight is 414 g/mol. The maximum Gasteiger partial charge on any atom is 0.194 e. The van der Waals surface area contributed by atoms with Crippen LogP contribution in [0.5, 0.6) is 11.5 Å². The van der Waals surface area contributed by atoms with Crippen molar-refractivity contribution in [3.8, 4) is 11.5 Å². The lowest BCUT2D eigenvalue weighted by molar-refractivity contribution is 0.103. The number of benzene rings is 2. The van der Waals surface area contributed by atoms with Gasteiger partial charge in [-0.1, -0.05) is 31.9 Å². The number of hydrogen-bond donors (Lipinski definition) is 0. The van der Waals surface area contributed by atoms with Crippen LogP contribution in [0.25, 0.3) is 0 Å². The Morgan fingerprint density at radius 3 is 2.19 bits per heavy atom. The van der Waals surface area contributed by atoms with Crippen molar-refractivity contribution in [2.45, 2.75) is 6.92 Å². The van der Waals surface area contributed by atoms with Gasteiger partial charge in [-0.3, -0.25) is 4.79 Å². The molecule has 2 rings (SSSR count). The summed E-state index contributed by atoms with van der Waals surface area (Å²) in [6.07, 6.45) is 0. The van der Waals surface area contributed by atoms with E-state index in [-0.39, 0.29) is 5.78 Å². The molecular formula is C16H14Br2O3. The van der Waals surface area contributed by atoms with Gasteiger partial charge in [0.2, 0.25) is 0 Å². The molecule has 0 saturated carbocycles. The molecule has 0 unspecified atom stereocenters. The Bertz CT molecular complexity index is 696. The van der Waals surface area contributed by atoms with E-state index in [0.29, 0.717) is 22.6 Å². The summed E-state index contributed by atoms with van der Waals surface area (Å²) in [6, 6.07) is 9.03. The van der Waals surface area contributed by atoms with Crippen LogP contribution < -0.4 is 9.47 Å². The Kier molecular flexibility index (Phi) is 5.06. The average Bonchev–Trinajstić information content (AvgIpc) is 2.48. The van der Waals surface area contributed by atoms with Crippen molar-refractivity contribution in [1.29, 1.82) is 0 Å². The first-order valence-electron chi connectivity index (χ1n) is 6.20. The highest BCUT2D eigenvalue weighted by atomic mass is 79.9. The summed E-state index contributed by atoms with van der Waals surface area (Å²) in [6.45, 7) is 1.88. The van der Waals surface area contributed by atoms with Gasteiger partial charge in [0.1, 0.15) is 0 Å². The lowest BCUT2D eigenvalue weighted by atomic mass is 9.98. The van der Waals surface area contributed by atoms with E-state index in [1.54, 1.807) is 32.4 Å². The minimum atomic E-state index is -0.0679. The lowest BCUT2D eigenvalue weighted by Crippen LogP contribution is -2.06. The molecule has 0 aliphatic carbocycles. The number of ether oxygens (including phenoxy) is 2. The van der Waals surface area contributed by atoms with Crippen LogP contribution in [-0.2, 0) is 0 Å². The molecule has 5 heteroatoms. The summed E-state index contributed by atoms with van der Waals surface area (Å²) in [5.74, 6) is 1.08. The van der Waals surface area contributed by atoms with Gasteiger partial charge in [-0.2, -0.15) is 0 Å². The van der Waals surface area contributed by atoms with Crippen molar-refractivity contribution in [3.63, 3.8) is 0 Å². The van der Waals surface area contributed by atoms with Gasteiger partial charge in [0.05, 0.1) is 14.2 Å². The van der Waals surface area contributed by atoms with E-state index in [1.807, 2.05) is 19.1 Å². The van der Waals surface area contributed by atoms with Crippen molar-refractivity contribution >= 4 is 37.6 Å². The topological polar surface area (TPSA) is 35.5 Å². The summed E-state index contributed by atoms with van der Waals surface area (Å²) < 4.78 is 12.1. The molecular weight excluding hydrogens is 400 g/mol. The molecule has 0 bridgehead atoms. The van der Waals surface area contributed by atoms with E-state index >= 15 is 0 Å². The lowest BCUT2D eigenvalue weighted by Gasteiger charge is -2.13. The van der Waals surface area contributed by atoms with Gasteiger partial charge in [0.25, 0.3) is 0 Å². The van der Waals surface area contributed by atoms with E-state index in [1.165, 1.54) is 0 Å². The Morgan fingerprint density at radius 2 is 1.57 bits per heavy atom. The van der Waals surface area contributed by atoms with E-state index in [2.05, 4.69) is 31.9 Å². The SMILES string of the molecule is COc1cc(C)c(C(=O)c2cc(Br)ccc2Br)cc1OC. The predicted molar refractivity (Wildman–Crippen MR) is 89.6 cm³/mol. The molecule has 0 spiro atoms. The molecule has 2 aromatic rings. The van der Waals surface area contributed by atoms with Crippen molar-refractivity contribution in [3.05, 3.63) is 56.0 Å². The van der Waals surface area contributed by atoms with Crippen molar-refractivity contribution in [2.24, 2.45) is 0 Å². The number of ketones is 1. The number of aryl methyl sites for hydroxylation is 1. The molecule has 0 fully saturated rings. The first kappa shape index (κ1) is 16.0. The van der Waals surface area contributed by atoms with Gasteiger partial charge >= 0.3 is 0 Å². The molecule has 0 aliphatic rings. The Morgan fingerprint density at radius 1 is 0.952 bits per heavy atom. The van der Waals surface area contributed by atoms with Gasteiger partial charge in [0.15, 0.2) is 17.3 Å². The van der Waals surface area contributed by atoms with E-state index in [4.69, 9.17) is 9.47 Å². The van der Waals surface area contributed by atoms with Gasteiger partial charge in [-0.05, 0) is 42.8 Å². The molecule has 0 atom stereocenters. The van der Waals surface area contributed by atoms with Crippen molar-refractivity contribution < 1.29 is 14.3 Å². The summed E-state index contributed by atoms with van der Waals surface area (Å²) in [5.41, 5.74) is 2.02. The highest BCUT2D eigenvalue weighted by molar-refractivity contribution is 9.11. The first-order chi connectivity index (χ1) is 9.97. The zero-order valence-corrected chi connectivity index (χ0v) is 15.0. The second kappa shape index (κ2) is 6.62. The van der Waals surface area contributed by atoms with E-state index in [9.17, 15) is 4.79 Å². The number of hydrogen-bond acceptors (Lipinski definition) is 3. The van der Waals surface area contributed by atoms with Crippen molar-refractivity contribution in [2.75, 3.05) is 14.2 Å². The van der Waals surface area contributed by atoms with Crippen LogP contribution in [0.15, 0.2) is 39.3 Å². The zero-order chi connectivity index (χ0) is 15.6. The standard InChI is InChI=1S/C16H14Br2O3/c1-9-6-14(20-2)15(21-3)8-11(9)16(19)12-7-10(17)4-5-13(12)18/h4-8H,1-3H3. The van der Waals surface area contributed by atoms with Crippen molar-refractivity contribution in [1.82, 2.24) is 0 Å². The van der Waals surface area contributed by atoms with Crippen LogP contribution in [0.4, 0.5) is 0 Å². The van der Waals surface area contributed by atoms with Gasteiger partial charge < -0.3 is 9.47 Å². The number of rotatable bonds is 4. The minimum absolute atomic E-state index is 0.0679. The quantitative estimate of drug-likeness (QED) is 0.677. The van der Waals surface area contributed by atoms with Crippen LogP contribution in [0, 0.1) is 6.92 Å². The van der Waals surface area contributed by atoms with E-state index < -0.39 is 0 Å². The molecule has 2 aromatic carbocycles.